The maximum atomic E-state index is 13.4. The van der Waals surface area contributed by atoms with Gasteiger partial charge in [0.05, 0.1) is 0 Å². The molecule has 2 rings (SSSR count). The second-order valence-corrected chi connectivity index (χ2v) is 5.93. The van der Waals surface area contributed by atoms with Gasteiger partial charge in [-0.2, -0.15) is 11.8 Å². The first kappa shape index (κ1) is 17.2. The van der Waals surface area contributed by atoms with Crippen molar-refractivity contribution in [1.82, 2.24) is 5.32 Å². The Bertz CT molecular complexity index is 688. The number of hydrogen-bond donors (Lipinski definition) is 1. The zero-order valence-corrected chi connectivity index (χ0v) is 13.3. The molecule has 0 fully saturated rings. The maximum absolute atomic E-state index is 13.4. The van der Waals surface area contributed by atoms with Crippen molar-refractivity contribution in [2.45, 2.75) is 5.75 Å². The summed E-state index contributed by atoms with van der Waals surface area (Å²) in [5, 5.41) is 2.73. The van der Waals surface area contributed by atoms with Crippen molar-refractivity contribution < 1.29 is 13.6 Å². The quantitative estimate of drug-likeness (QED) is 0.612. The Morgan fingerprint density at radius 3 is 2.74 bits per heavy atom. The van der Waals surface area contributed by atoms with E-state index in [1.807, 2.05) is 0 Å². The van der Waals surface area contributed by atoms with Gasteiger partial charge in [-0.15, -0.1) is 0 Å². The minimum absolute atomic E-state index is 0.206. The number of nitrogens with one attached hydrogen (secondary N) is 1. The number of carbonyl (C=O) groups excluding carboxylic acids is 1. The lowest BCUT2D eigenvalue weighted by atomic mass is 10.2. The van der Waals surface area contributed by atoms with E-state index in [0.717, 1.165) is 0 Å². The first-order valence-electron chi connectivity index (χ1n) is 7.18. The van der Waals surface area contributed by atoms with Gasteiger partial charge < -0.3 is 5.32 Å². The van der Waals surface area contributed by atoms with Crippen LogP contribution in [0.1, 0.15) is 11.1 Å². The first-order valence-corrected chi connectivity index (χ1v) is 8.33. The zero-order chi connectivity index (χ0) is 16.5. The third-order valence-electron chi connectivity index (χ3n) is 3.04. The van der Waals surface area contributed by atoms with Crippen molar-refractivity contribution in [2.24, 2.45) is 0 Å². The number of halogens is 2. The number of amides is 1. The Labute approximate surface area is 138 Å². The van der Waals surface area contributed by atoms with Crippen molar-refractivity contribution >= 4 is 23.7 Å². The molecule has 0 radical (unpaired) electrons. The molecule has 0 aliphatic carbocycles. The van der Waals surface area contributed by atoms with Gasteiger partial charge >= 0.3 is 0 Å². The van der Waals surface area contributed by atoms with Crippen LogP contribution >= 0.6 is 11.8 Å². The van der Waals surface area contributed by atoms with E-state index < -0.39 is 0 Å². The molecule has 120 valence electrons. The molecule has 1 amide bonds. The number of benzene rings is 2. The standard InChI is InChI=1S/C18H17F2NOS/c19-16-6-3-4-14(12-16)8-9-18(22)21-10-11-23-13-15-5-1-2-7-17(15)20/h1-9,12H,10-11,13H2,(H,21,22)/b9-8+. The predicted molar refractivity (Wildman–Crippen MR) is 91.0 cm³/mol. The fraction of sp³-hybridized carbons (Fsp3) is 0.167. The van der Waals surface area contributed by atoms with Crippen LogP contribution in [0.2, 0.25) is 0 Å². The van der Waals surface area contributed by atoms with Gasteiger partial charge in [0, 0.05) is 24.1 Å². The Hall–Kier alpha value is -2.14. The summed E-state index contributed by atoms with van der Waals surface area (Å²) < 4.78 is 26.4. The maximum Gasteiger partial charge on any atom is 0.244 e. The summed E-state index contributed by atoms with van der Waals surface area (Å²) in [6.07, 6.45) is 2.93. The molecule has 2 aromatic rings. The van der Waals surface area contributed by atoms with E-state index in [-0.39, 0.29) is 17.5 Å². The van der Waals surface area contributed by atoms with E-state index in [4.69, 9.17) is 0 Å². The predicted octanol–water partition coefficient (Wildman–Crippen LogP) is 4.03. The normalized spacial score (nSPS) is 10.9. The van der Waals surface area contributed by atoms with Crippen LogP contribution in [0.15, 0.2) is 54.6 Å². The highest BCUT2D eigenvalue weighted by Gasteiger charge is 2.01. The highest BCUT2D eigenvalue weighted by atomic mass is 32.2. The minimum atomic E-state index is -0.336. The molecule has 2 nitrogen and oxygen atoms in total. The molecule has 0 aliphatic heterocycles. The van der Waals surface area contributed by atoms with Crippen molar-refractivity contribution in [3.05, 3.63) is 77.4 Å². The number of hydrogen-bond acceptors (Lipinski definition) is 2. The van der Waals surface area contributed by atoms with Crippen LogP contribution in [0.25, 0.3) is 6.08 Å². The topological polar surface area (TPSA) is 29.1 Å². The van der Waals surface area contributed by atoms with Crippen molar-refractivity contribution in [1.29, 1.82) is 0 Å². The van der Waals surface area contributed by atoms with E-state index >= 15 is 0 Å². The van der Waals surface area contributed by atoms with E-state index in [9.17, 15) is 13.6 Å². The van der Waals surface area contributed by atoms with Gasteiger partial charge in [0.2, 0.25) is 5.91 Å². The monoisotopic (exact) mass is 333 g/mol. The van der Waals surface area contributed by atoms with Gasteiger partial charge in [-0.1, -0.05) is 30.3 Å². The number of thioether (sulfide) groups is 1. The summed E-state index contributed by atoms with van der Waals surface area (Å²) in [5.74, 6) is 0.482. The molecule has 0 saturated heterocycles. The molecule has 5 heteroatoms. The minimum Gasteiger partial charge on any atom is -0.352 e. The van der Waals surface area contributed by atoms with Crippen molar-refractivity contribution in [3.8, 4) is 0 Å². The zero-order valence-electron chi connectivity index (χ0n) is 12.5. The van der Waals surface area contributed by atoms with Crippen LogP contribution < -0.4 is 5.32 Å². The van der Waals surface area contributed by atoms with Gasteiger partial charge in [-0.3, -0.25) is 4.79 Å². The summed E-state index contributed by atoms with van der Waals surface area (Å²) in [4.78, 5) is 11.6. The van der Waals surface area contributed by atoms with E-state index in [1.165, 1.54) is 24.3 Å². The van der Waals surface area contributed by atoms with Crippen molar-refractivity contribution in [2.75, 3.05) is 12.3 Å². The molecule has 0 heterocycles. The second-order valence-electron chi connectivity index (χ2n) is 4.82. The molecule has 0 aromatic heterocycles. The highest BCUT2D eigenvalue weighted by molar-refractivity contribution is 7.98. The van der Waals surface area contributed by atoms with Gasteiger partial charge in [-0.25, -0.2) is 8.78 Å². The van der Waals surface area contributed by atoms with E-state index in [2.05, 4.69) is 5.32 Å². The van der Waals surface area contributed by atoms with Crippen LogP contribution in [0.5, 0.6) is 0 Å². The van der Waals surface area contributed by atoms with Gasteiger partial charge in [0.15, 0.2) is 0 Å². The van der Waals surface area contributed by atoms with Crippen LogP contribution in [0.3, 0.4) is 0 Å². The first-order chi connectivity index (χ1) is 11.1. The van der Waals surface area contributed by atoms with Crippen LogP contribution in [-0.2, 0) is 10.5 Å². The third-order valence-corrected chi connectivity index (χ3v) is 4.04. The lowest BCUT2D eigenvalue weighted by Crippen LogP contribution is -2.23. The number of rotatable bonds is 7. The van der Waals surface area contributed by atoms with E-state index in [0.29, 0.717) is 29.2 Å². The smallest absolute Gasteiger partial charge is 0.244 e. The molecule has 2 aromatic carbocycles. The molecular formula is C18H17F2NOS. The average Bonchev–Trinajstić information content (AvgIpc) is 2.54. The van der Waals surface area contributed by atoms with Crippen molar-refractivity contribution in [3.63, 3.8) is 0 Å². The van der Waals surface area contributed by atoms with Crippen LogP contribution in [0, 0.1) is 11.6 Å². The van der Waals surface area contributed by atoms with Gasteiger partial charge in [0.25, 0.3) is 0 Å². The summed E-state index contributed by atoms with van der Waals surface area (Å²) in [7, 11) is 0. The van der Waals surface area contributed by atoms with Gasteiger partial charge in [-0.05, 0) is 35.4 Å². The lowest BCUT2D eigenvalue weighted by molar-refractivity contribution is -0.116. The Kier molecular flexibility index (Phi) is 6.81. The molecule has 1 N–H and O–H groups in total. The van der Waals surface area contributed by atoms with Gasteiger partial charge in [0.1, 0.15) is 11.6 Å². The summed E-state index contributed by atoms with van der Waals surface area (Å²) in [5.41, 5.74) is 1.30. The van der Waals surface area contributed by atoms with Crippen LogP contribution in [0.4, 0.5) is 8.78 Å². The largest absolute Gasteiger partial charge is 0.352 e. The summed E-state index contributed by atoms with van der Waals surface area (Å²) >= 11 is 1.55. The van der Waals surface area contributed by atoms with E-state index in [1.54, 1.807) is 48.2 Å². The second kappa shape index (κ2) is 9.10. The molecule has 0 atom stereocenters. The fourth-order valence-electron chi connectivity index (χ4n) is 1.89. The molecule has 0 spiro atoms. The molecule has 0 aliphatic rings. The molecule has 0 unspecified atom stereocenters. The fourth-order valence-corrected chi connectivity index (χ4v) is 2.73. The molecule has 23 heavy (non-hydrogen) atoms. The van der Waals surface area contributed by atoms with Crippen LogP contribution in [-0.4, -0.2) is 18.2 Å². The summed E-state index contributed by atoms with van der Waals surface area (Å²) in [6, 6.07) is 12.7. The third kappa shape index (κ3) is 6.24. The molecular weight excluding hydrogens is 316 g/mol. The Morgan fingerprint density at radius 1 is 1.13 bits per heavy atom. The molecule has 0 bridgehead atoms. The highest BCUT2D eigenvalue weighted by Crippen LogP contribution is 2.14. The summed E-state index contributed by atoms with van der Waals surface area (Å²) in [6.45, 7) is 0.492. The SMILES string of the molecule is O=C(/C=C/c1cccc(F)c1)NCCSCc1ccccc1F. The molecule has 0 saturated carbocycles. The Morgan fingerprint density at radius 2 is 1.96 bits per heavy atom. The lowest BCUT2D eigenvalue weighted by Gasteiger charge is -2.04. The Balaban J connectivity index is 1.66. The number of carbonyl (C=O) groups is 1. The average molecular weight is 333 g/mol.